The van der Waals surface area contributed by atoms with Crippen molar-refractivity contribution in [3.05, 3.63) is 27.4 Å². The molecule has 1 aromatic rings. The van der Waals surface area contributed by atoms with Crippen LogP contribution in [0.25, 0.3) is 0 Å². The Hall–Kier alpha value is -2.01. The third kappa shape index (κ3) is 2.61. The van der Waals surface area contributed by atoms with E-state index in [0.29, 0.717) is 3.39 Å². The van der Waals surface area contributed by atoms with Crippen molar-refractivity contribution in [2.24, 2.45) is 16.2 Å². The van der Waals surface area contributed by atoms with Crippen LogP contribution in [0, 0.1) is 51.3 Å². The fourth-order valence-electron chi connectivity index (χ4n) is 3.37. The first-order valence-corrected chi connectivity index (χ1v) is 8.90. The molecule has 25 heavy (non-hydrogen) atoms. The molecule has 0 aromatic carbocycles. The van der Waals surface area contributed by atoms with E-state index in [9.17, 15) is 15.3 Å². The van der Waals surface area contributed by atoms with Gasteiger partial charge in [-0.05, 0) is 44.9 Å². The van der Waals surface area contributed by atoms with E-state index in [1.165, 1.54) is 12.4 Å². The number of aromatic nitrogens is 1. The lowest BCUT2D eigenvalue weighted by Crippen LogP contribution is -2.26. The van der Waals surface area contributed by atoms with Gasteiger partial charge >= 0.3 is 5.97 Å². The Morgan fingerprint density at radius 2 is 2.00 bits per heavy atom. The Morgan fingerprint density at radius 1 is 1.36 bits per heavy atom. The Kier molecular flexibility index (Phi) is 4.92. The van der Waals surface area contributed by atoms with Crippen molar-refractivity contribution in [3.8, 4) is 30.2 Å². The van der Waals surface area contributed by atoms with Crippen molar-refractivity contribution in [2.75, 3.05) is 0 Å². The molecule has 7 heteroatoms. The Labute approximate surface area is 163 Å². The number of carbonyl (C=O) groups is 1. The molecule has 0 radical (unpaired) electrons. The number of hydrogen-bond donors (Lipinski definition) is 0. The minimum absolute atomic E-state index is 0.139. The monoisotopic (exact) mass is 463 g/mol. The summed E-state index contributed by atoms with van der Waals surface area (Å²) in [6, 6.07) is 4.23. The highest BCUT2D eigenvalue weighted by molar-refractivity contribution is 9.28. The predicted molar refractivity (Wildman–Crippen MR) is 99.5 cm³/mol. The number of rotatable bonds is 4. The van der Waals surface area contributed by atoms with E-state index >= 15 is 0 Å². The number of carbonyl (C=O) groups excluding carboxylic acids is 1. The second kappa shape index (κ2) is 6.37. The quantitative estimate of drug-likeness (QED) is 0.496. The summed E-state index contributed by atoms with van der Waals surface area (Å²) in [6.07, 6.45) is 9.97. The van der Waals surface area contributed by atoms with Crippen molar-refractivity contribution in [2.45, 2.75) is 27.3 Å². The highest BCUT2D eigenvalue weighted by atomic mass is 79.9. The van der Waals surface area contributed by atoms with Gasteiger partial charge in [0.2, 0.25) is 0 Å². The van der Waals surface area contributed by atoms with Gasteiger partial charge in [-0.1, -0.05) is 19.8 Å². The van der Waals surface area contributed by atoms with Crippen LogP contribution in [0.1, 0.15) is 26.3 Å². The Balaban J connectivity index is 2.40. The van der Waals surface area contributed by atoms with Crippen LogP contribution in [0.4, 0.5) is 0 Å². The summed E-state index contributed by atoms with van der Waals surface area (Å²) in [5.74, 6) is 2.03. The number of esters is 1. The molecule has 128 valence electrons. The lowest BCUT2D eigenvalue weighted by Gasteiger charge is -2.13. The molecule has 1 fully saturated rings. The second-order valence-electron chi connectivity index (χ2n) is 6.52. The number of nitrogens with zero attached hydrogens (tertiary/aromatic N) is 3. The molecule has 1 heterocycles. The molecule has 1 aliphatic rings. The maximum Gasteiger partial charge on any atom is 0.319 e. The predicted octanol–water partition coefficient (Wildman–Crippen LogP) is 4.09. The summed E-state index contributed by atoms with van der Waals surface area (Å²) < 4.78 is 7.68. The van der Waals surface area contributed by atoms with Gasteiger partial charge in [0.15, 0.2) is 5.75 Å². The van der Waals surface area contributed by atoms with Crippen LogP contribution in [-0.4, -0.2) is 10.5 Å². The average molecular weight is 465 g/mol. The SMILES string of the molecule is C#CCn1cc(C#N)c(OC(=O)[C@]2(C)C(C)(C)[C@]2(C#N)C=C(Br)Br)c1. The summed E-state index contributed by atoms with van der Waals surface area (Å²) >= 11 is 6.53. The molecule has 1 aromatic heterocycles. The van der Waals surface area contributed by atoms with Crippen molar-refractivity contribution in [1.82, 2.24) is 4.57 Å². The van der Waals surface area contributed by atoms with Gasteiger partial charge in [0, 0.05) is 17.8 Å². The topological polar surface area (TPSA) is 78.8 Å². The third-order valence-corrected chi connectivity index (χ3v) is 5.77. The number of ether oxygens (including phenoxy) is 1. The zero-order chi connectivity index (χ0) is 19.0. The number of terminal acetylenes is 1. The van der Waals surface area contributed by atoms with Crippen LogP contribution in [-0.2, 0) is 11.3 Å². The first-order chi connectivity index (χ1) is 11.6. The normalized spacial score (nSPS) is 25.8. The molecule has 0 spiro atoms. The molecule has 1 aliphatic carbocycles. The van der Waals surface area contributed by atoms with E-state index in [1.54, 1.807) is 17.6 Å². The molecule has 0 N–H and O–H groups in total. The minimum atomic E-state index is -1.07. The molecule has 0 bridgehead atoms. The lowest BCUT2D eigenvalue weighted by molar-refractivity contribution is -0.141. The number of halogens is 2. The molecular weight excluding hydrogens is 450 g/mol. The molecule has 1 saturated carbocycles. The van der Waals surface area contributed by atoms with E-state index < -0.39 is 22.2 Å². The maximum atomic E-state index is 12.9. The van der Waals surface area contributed by atoms with E-state index in [0.717, 1.165) is 0 Å². The Morgan fingerprint density at radius 3 is 2.48 bits per heavy atom. The van der Waals surface area contributed by atoms with Gasteiger partial charge in [-0.15, -0.1) is 6.42 Å². The fraction of sp³-hybridized carbons (Fsp3) is 0.389. The van der Waals surface area contributed by atoms with Gasteiger partial charge < -0.3 is 9.30 Å². The van der Waals surface area contributed by atoms with Crippen LogP contribution >= 0.6 is 31.9 Å². The zero-order valence-electron chi connectivity index (χ0n) is 13.9. The van der Waals surface area contributed by atoms with E-state index in [1.807, 2.05) is 19.9 Å². The summed E-state index contributed by atoms with van der Waals surface area (Å²) in [7, 11) is 0. The van der Waals surface area contributed by atoms with Crippen LogP contribution in [0.2, 0.25) is 0 Å². The fourth-order valence-corrected chi connectivity index (χ4v) is 4.06. The summed E-state index contributed by atoms with van der Waals surface area (Å²) in [5, 5.41) is 19.0. The summed E-state index contributed by atoms with van der Waals surface area (Å²) in [6.45, 7) is 5.64. The first-order valence-electron chi connectivity index (χ1n) is 7.32. The molecule has 5 nitrogen and oxygen atoms in total. The van der Waals surface area contributed by atoms with E-state index in [-0.39, 0.29) is 17.9 Å². The van der Waals surface area contributed by atoms with Crippen LogP contribution in [0.3, 0.4) is 0 Å². The van der Waals surface area contributed by atoms with Gasteiger partial charge in [-0.3, -0.25) is 4.79 Å². The summed E-state index contributed by atoms with van der Waals surface area (Å²) in [5.41, 5.74) is -2.53. The molecule has 0 unspecified atom stereocenters. The van der Waals surface area contributed by atoms with Crippen molar-refractivity contribution < 1.29 is 9.53 Å². The van der Waals surface area contributed by atoms with Crippen LogP contribution < -0.4 is 4.74 Å². The number of nitriles is 2. The number of allylic oxidation sites excluding steroid dienone is 1. The van der Waals surface area contributed by atoms with Crippen molar-refractivity contribution >= 4 is 37.8 Å². The molecule has 2 atom stereocenters. The number of hydrogen-bond acceptors (Lipinski definition) is 4. The van der Waals surface area contributed by atoms with Gasteiger partial charge in [0.1, 0.15) is 11.6 Å². The largest absolute Gasteiger partial charge is 0.423 e. The highest BCUT2D eigenvalue weighted by Crippen LogP contribution is 2.79. The smallest absolute Gasteiger partial charge is 0.319 e. The minimum Gasteiger partial charge on any atom is -0.423 e. The van der Waals surface area contributed by atoms with Crippen molar-refractivity contribution in [1.29, 1.82) is 10.5 Å². The van der Waals surface area contributed by atoms with E-state index in [4.69, 9.17) is 11.2 Å². The van der Waals surface area contributed by atoms with E-state index in [2.05, 4.69) is 43.8 Å². The third-order valence-electron chi connectivity index (χ3n) is 5.31. The molecule has 0 saturated heterocycles. The lowest BCUT2D eigenvalue weighted by atomic mass is 9.96. The van der Waals surface area contributed by atoms with Gasteiger partial charge in [-0.2, -0.15) is 10.5 Å². The highest BCUT2D eigenvalue weighted by Gasteiger charge is 2.84. The van der Waals surface area contributed by atoms with Crippen LogP contribution in [0.5, 0.6) is 5.75 Å². The van der Waals surface area contributed by atoms with Crippen molar-refractivity contribution in [3.63, 3.8) is 0 Å². The average Bonchev–Trinajstić information content (AvgIpc) is 2.81. The van der Waals surface area contributed by atoms with Crippen LogP contribution in [0.15, 0.2) is 21.9 Å². The maximum absolute atomic E-state index is 12.9. The van der Waals surface area contributed by atoms with Gasteiger partial charge in [-0.25, -0.2) is 0 Å². The molecule has 0 amide bonds. The summed E-state index contributed by atoms with van der Waals surface area (Å²) in [4.78, 5) is 12.9. The molecule has 0 aliphatic heterocycles. The molecular formula is C18H15Br2N3O2. The second-order valence-corrected chi connectivity index (χ2v) is 9.29. The zero-order valence-corrected chi connectivity index (χ0v) is 17.1. The standard InChI is InChI=1S/C18H15Br2N3O2/c1-5-6-23-9-12(8-21)13(10-23)25-15(24)17(4)16(2,3)18(17,11-22)7-14(19)20/h1,7,9-10H,6H2,2-4H3/t17-,18-/m1/s1. The van der Waals surface area contributed by atoms with Gasteiger partial charge in [0.05, 0.1) is 26.8 Å². The van der Waals surface area contributed by atoms with Gasteiger partial charge in [0.25, 0.3) is 0 Å². The molecule has 2 rings (SSSR count). The first kappa shape index (κ1) is 19.3. The Bertz CT molecular complexity index is 891.